The van der Waals surface area contributed by atoms with Crippen molar-refractivity contribution in [3.63, 3.8) is 0 Å². The van der Waals surface area contributed by atoms with Crippen LogP contribution in [0.2, 0.25) is 0 Å². The van der Waals surface area contributed by atoms with E-state index in [9.17, 15) is 22.0 Å². The van der Waals surface area contributed by atoms with E-state index < -0.39 is 23.5 Å². The Morgan fingerprint density at radius 1 is 0.963 bits per heavy atom. The first-order valence-corrected chi connectivity index (χ1v) is 7.88. The SMILES string of the molecule is C=CCOc1cc(F)c(-c2ccc3c(F)c(C=C(F)F)ccc3c2)c(F)c1. The summed E-state index contributed by atoms with van der Waals surface area (Å²) in [5.41, 5.74) is -0.370. The summed E-state index contributed by atoms with van der Waals surface area (Å²) < 4.78 is 73.0. The van der Waals surface area contributed by atoms with E-state index >= 15 is 0 Å². The highest BCUT2D eigenvalue weighted by Gasteiger charge is 2.16. The molecule has 3 rings (SSSR count). The van der Waals surface area contributed by atoms with Crippen LogP contribution in [0.3, 0.4) is 0 Å². The third-order valence-electron chi connectivity index (χ3n) is 3.92. The van der Waals surface area contributed by atoms with E-state index in [0.29, 0.717) is 11.5 Å². The van der Waals surface area contributed by atoms with Crippen molar-refractivity contribution in [2.24, 2.45) is 0 Å². The summed E-state index contributed by atoms with van der Waals surface area (Å²) in [6.45, 7) is 3.56. The van der Waals surface area contributed by atoms with Crippen molar-refractivity contribution in [2.75, 3.05) is 6.61 Å². The van der Waals surface area contributed by atoms with Gasteiger partial charge in [-0.3, -0.25) is 0 Å². The predicted octanol–water partition coefficient (Wildman–Crippen LogP) is 6.73. The summed E-state index contributed by atoms with van der Waals surface area (Å²) >= 11 is 0. The molecule has 0 saturated heterocycles. The molecule has 0 spiro atoms. The number of fused-ring (bicyclic) bond motifs is 1. The maximum absolute atomic E-state index is 14.4. The van der Waals surface area contributed by atoms with Crippen LogP contribution in [-0.4, -0.2) is 6.61 Å². The van der Waals surface area contributed by atoms with Gasteiger partial charge < -0.3 is 4.74 Å². The molecule has 0 saturated carbocycles. The van der Waals surface area contributed by atoms with E-state index in [1.165, 1.54) is 36.4 Å². The lowest BCUT2D eigenvalue weighted by atomic mass is 9.98. The third kappa shape index (κ3) is 3.84. The normalized spacial score (nSPS) is 10.7. The Morgan fingerprint density at radius 2 is 1.67 bits per heavy atom. The number of benzene rings is 3. The van der Waals surface area contributed by atoms with Crippen molar-refractivity contribution < 1.29 is 26.7 Å². The highest BCUT2D eigenvalue weighted by atomic mass is 19.3. The van der Waals surface area contributed by atoms with Crippen LogP contribution in [0, 0.1) is 17.5 Å². The standard InChI is InChI=1S/C21H13F5O/c1-2-7-27-15-10-17(22)20(18(23)11-15)13-5-6-16-12(8-13)3-4-14(21(16)26)9-19(24)25/h2-6,8-11H,1,7H2. The fourth-order valence-corrected chi connectivity index (χ4v) is 2.76. The summed E-state index contributed by atoms with van der Waals surface area (Å²) in [6, 6.07) is 8.71. The maximum Gasteiger partial charge on any atom is 0.271 e. The summed E-state index contributed by atoms with van der Waals surface area (Å²) in [5.74, 6) is -2.49. The molecule has 0 bridgehead atoms. The largest absolute Gasteiger partial charge is 0.489 e. The van der Waals surface area contributed by atoms with Crippen LogP contribution >= 0.6 is 0 Å². The Morgan fingerprint density at radius 3 is 2.30 bits per heavy atom. The lowest BCUT2D eigenvalue weighted by molar-refractivity contribution is 0.358. The van der Waals surface area contributed by atoms with Gasteiger partial charge in [-0.15, -0.1) is 0 Å². The van der Waals surface area contributed by atoms with Crippen LogP contribution in [0.5, 0.6) is 5.75 Å². The Balaban J connectivity index is 2.08. The minimum absolute atomic E-state index is 0.0187. The molecule has 3 aromatic carbocycles. The fraction of sp³-hybridized carbons (Fsp3) is 0.0476. The first-order valence-electron chi connectivity index (χ1n) is 7.88. The van der Waals surface area contributed by atoms with Gasteiger partial charge in [0, 0.05) is 29.2 Å². The minimum Gasteiger partial charge on any atom is -0.489 e. The molecule has 0 aliphatic rings. The molecule has 0 aliphatic carbocycles. The summed E-state index contributed by atoms with van der Waals surface area (Å²) in [6.07, 6.45) is -0.156. The van der Waals surface area contributed by atoms with Crippen molar-refractivity contribution in [3.05, 3.63) is 84.2 Å². The third-order valence-corrected chi connectivity index (χ3v) is 3.92. The van der Waals surface area contributed by atoms with Crippen molar-refractivity contribution in [3.8, 4) is 16.9 Å². The lowest BCUT2D eigenvalue weighted by Crippen LogP contribution is -1.97. The molecule has 0 radical (unpaired) electrons. The molecule has 0 unspecified atom stereocenters. The number of ether oxygens (including phenoxy) is 1. The van der Waals surface area contributed by atoms with Gasteiger partial charge in [0.15, 0.2) is 0 Å². The number of hydrogen-bond donors (Lipinski definition) is 0. The Kier molecular flexibility index (Phi) is 5.26. The molecule has 0 fully saturated rings. The minimum atomic E-state index is -2.02. The van der Waals surface area contributed by atoms with Gasteiger partial charge in [-0.2, -0.15) is 8.78 Å². The van der Waals surface area contributed by atoms with E-state index in [0.717, 1.165) is 12.1 Å². The molecular weight excluding hydrogens is 363 g/mol. The Hall–Kier alpha value is -3.15. The number of halogens is 5. The van der Waals surface area contributed by atoms with Gasteiger partial charge >= 0.3 is 0 Å². The molecule has 138 valence electrons. The molecule has 6 heteroatoms. The lowest BCUT2D eigenvalue weighted by Gasteiger charge is -2.11. The number of rotatable bonds is 5. The molecule has 0 aromatic heterocycles. The molecule has 3 aromatic rings. The van der Waals surface area contributed by atoms with Crippen LogP contribution in [0.4, 0.5) is 22.0 Å². The Bertz CT molecular complexity index is 1030. The van der Waals surface area contributed by atoms with Crippen LogP contribution in [0.25, 0.3) is 28.0 Å². The van der Waals surface area contributed by atoms with Crippen molar-refractivity contribution in [2.45, 2.75) is 0 Å². The van der Waals surface area contributed by atoms with E-state index in [1.807, 2.05) is 0 Å². The van der Waals surface area contributed by atoms with E-state index in [1.54, 1.807) is 0 Å². The second-order valence-corrected chi connectivity index (χ2v) is 5.70. The van der Waals surface area contributed by atoms with Crippen LogP contribution in [0.15, 0.2) is 61.2 Å². The zero-order valence-electron chi connectivity index (χ0n) is 13.9. The zero-order valence-corrected chi connectivity index (χ0v) is 13.9. The summed E-state index contributed by atoms with van der Waals surface area (Å²) in [7, 11) is 0. The molecule has 27 heavy (non-hydrogen) atoms. The van der Waals surface area contributed by atoms with Crippen LogP contribution < -0.4 is 4.74 Å². The fourth-order valence-electron chi connectivity index (χ4n) is 2.76. The van der Waals surface area contributed by atoms with Gasteiger partial charge in [0.2, 0.25) is 0 Å². The first-order chi connectivity index (χ1) is 12.9. The second kappa shape index (κ2) is 7.61. The molecule has 0 atom stereocenters. The van der Waals surface area contributed by atoms with E-state index in [2.05, 4.69) is 6.58 Å². The highest BCUT2D eigenvalue weighted by molar-refractivity contribution is 5.89. The second-order valence-electron chi connectivity index (χ2n) is 5.70. The van der Waals surface area contributed by atoms with Crippen LogP contribution in [0.1, 0.15) is 5.56 Å². The molecule has 0 heterocycles. The zero-order chi connectivity index (χ0) is 19.6. The highest BCUT2D eigenvalue weighted by Crippen LogP contribution is 2.33. The van der Waals surface area contributed by atoms with Crippen LogP contribution in [-0.2, 0) is 0 Å². The smallest absolute Gasteiger partial charge is 0.271 e. The average Bonchev–Trinajstić information content (AvgIpc) is 2.61. The molecular formula is C21H13F5O. The quantitative estimate of drug-likeness (QED) is 0.354. The van der Waals surface area contributed by atoms with Crippen molar-refractivity contribution >= 4 is 16.8 Å². The van der Waals surface area contributed by atoms with Gasteiger partial charge in [0.1, 0.15) is 29.8 Å². The van der Waals surface area contributed by atoms with E-state index in [-0.39, 0.29) is 34.4 Å². The van der Waals surface area contributed by atoms with Gasteiger partial charge in [-0.25, -0.2) is 13.2 Å². The number of hydrogen-bond acceptors (Lipinski definition) is 1. The average molecular weight is 376 g/mol. The van der Waals surface area contributed by atoms with Gasteiger partial charge in [-0.1, -0.05) is 36.9 Å². The van der Waals surface area contributed by atoms with Crippen molar-refractivity contribution in [1.29, 1.82) is 0 Å². The molecule has 0 N–H and O–H groups in total. The molecule has 1 nitrogen and oxygen atoms in total. The Labute approximate surface area is 152 Å². The topological polar surface area (TPSA) is 9.23 Å². The predicted molar refractivity (Wildman–Crippen MR) is 95.1 cm³/mol. The van der Waals surface area contributed by atoms with Gasteiger partial charge in [0.25, 0.3) is 6.08 Å². The van der Waals surface area contributed by atoms with E-state index in [4.69, 9.17) is 4.74 Å². The molecule has 0 amide bonds. The van der Waals surface area contributed by atoms with Crippen molar-refractivity contribution in [1.82, 2.24) is 0 Å². The monoisotopic (exact) mass is 376 g/mol. The maximum atomic E-state index is 14.4. The summed E-state index contributed by atoms with van der Waals surface area (Å²) in [4.78, 5) is 0. The molecule has 0 aliphatic heterocycles. The first kappa shape index (κ1) is 18.6. The van der Waals surface area contributed by atoms with Gasteiger partial charge in [0.05, 0.1) is 5.56 Å². The summed E-state index contributed by atoms with van der Waals surface area (Å²) in [5, 5.41) is 0.396. The van der Waals surface area contributed by atoms with Gasteiger partial charge in [-0.05, 0) is 17.0 Å².